The van der Waals surface area contributed by atoms with Gasteiger partial charge in [-0.15, -0.1) is 0 Å². The molecule has 106 valence electrons. The highest BCUT2D eigenvalue weighted by Crippen LogP contribution is 2.34. The average Bonchev–Trinajstić information content (AvgIpc) is 2.85. The highest BCUT2D eigenvalue weighted by Gasteiger charge is 2.08. The Morgan fingerprint density at radius 2 is 1.67 bits per heavy atom. The summed E-state index contributed by atoms with van der Waals surface area (Å²) >= 11 is 1.38. The van der Waals surface area contributed by atoms with E-state index in [2.05, 4.69) is 4.98 Å². The van der Waals surface area contributed by atoms with Crippen molar-refractivity contribution in [3.05, 3.63) is 60.2 Å². The van der Waals surface area contributed by atoms with Gasteiger partial charge in [0, 0.05) is 0 Å². The molecule has 21 heavy (non-hydrogen) atoms. The summed E-state index contributed by atoms with van der Waals surface area (Å²) in [7, 11) is 0. The van der Waals surface area contributed by atoms with Gasteiger partial charge in [-0.3, -0.25) is 0 Å². The zero-order valence-corrected chi connectivity index (χ0v) is 12.1. The van der Waals surface area contributed by atoms with Crippen LogP contribution in [0.4, 0.5) is 10.9 Å². The number of nitrogens with zero attached hydrogens (tertiary/aromatic N) is 1. The number of anilines is 2. The minimum absolute atomic E-state index is 0.468. The van der Waals surface area contributed by atoms with E-state index in [1.54, 1.807) is 0 Å². The zero-order chi connectivity index (χ0) is 14.7. The van der Waals surface area contributed by atoms with E-state index in [4.69, 9.17) is 16.2 Å². The van der Waals surface area contributed by atoms with Crippen LogP contribution in [0.25, 0.3) is 10.4 Å². The van der Waals surface area contributed by atoms with E-state index in [0.717, 1.165) is 21.8 Å². The van der Waals surface area contributed by atoms with Crippen molar-refractivity contribution in [3.63, 3.8) is 0 Å². The van der Waals surface area contributed by atoms with Crippen LogP contribution in [0.5, 0.6) is 5.75 Å². The Balaban J connectivity index is 1.71. The van der Waals surface area contributed by atoms with Crippen molar-refractivity contribution in [3.8, 4) is 16.2 Å². The second-order valence-electron chi connectivity index (χ2n) is 4.57. The number of ether oxygens (including phenoxy) is 1. The number of nitrogen functional groups attached to an aromatic ring is 2. The molecule has 0 aliphatic heterocycles. The van der Waals surface area contributed by atoms with Gasteiger partial charge in [-0.2, -0.15) is 0 Å². The molecule has 0 fully saturated rings. The predicted molar refractivity (Wildman–Crippen MR) is 87.1 cm³/mol. The quantitative estimate of drug-likeness (QED) is 0.772. The van der Waals surface area contributed by atoms with Gasteiger partial charge in [0.05, 0.1) is 4.88 Å². The number of hydrogen-bond donors (Lipinski definition) is 2. The lowest BCUT2D eigenvalue weighted by molar-refractivity contribution is 0.306. The van der Waals surface area contributed by atoms with Crippen LogP contribution in [0, 0.1) is 0 Å². The molecule has 3 aromatic rings. The molecule has 4 N–H and O–H groups in total. The Labute approximate surface area is 127 Å². The topological polar surface area (TPSA) is 74.2 Å². The first-order valence-corrected chi connectivity index (χ1v) is 7.33. The van der Waals surface area contributed by atoms with Crippen LogP contribution in [0.2, 0.25) is 0 Å². The van der Waals surface area contributed by atoms with Gasteiger partial charge in [0.1, 0.15) is 18.2 Å². The Bertz CT molecular complexity index is 723. The van der Waals surface area contributed by atoms with E-state index >= 15 is 0 Å². The normalized spacial score (nSPS) is 10.5. The second-order valence-corrected chi connectivity index (χ2v) is 5.60. The van der Waals surface area contributed by atoms with Crippen molar-refractivity contribution in [1.82, 2.24) is 4.98 Å². The fourth-order valence-electron chi connectivity index (χ4n) is 2.00. The molecule has 5 heteroatoms. The van der Waals surface area contributed by atoms with E-state index in [1.807, 2.05) is 54.6 Å². The lowest BCUT2D eigenvalue weighted by Gasteiger charge is -2.07. The van der Waals surface area contributed by atoms with Crippen molar-refractivity contribution in [2.24, 2.45) is 0 Å². The molecule has 0 saturated heterocycles. The third-order valence-corrected chi connectivity index (χ3v) is 3.98. The third-order valence-electron chi connectivity index (χ3n) is 3.03. The van der Waals surface area contributed by atoms with E-state index in [-0.39, 0.29) is 0 Å². The molecule has 0 unspecified atom stereocenters. The largest absolute Gasteiger partial charge is 0.489 e. The molecule has 3 rings (SSSR count). The highest BCUT2D eigenvalue weighted by molar-refractivity contribution is 7.19. The molecule has 0 atom stereocenters. The number of aromatic nitrogens is 1. The molecule has 1 heterocycles. The summed E-state index contributed by atoms with van der Waals surface area (Å²) in [4.78, 5) is 4.92. The van der Waals surface area contributed by atoms with Crippen LogP contribution in [0.1, 0.15) is 5.56 Å². The smallest absolute Gasteiger partial charge is 0.182 e. The number of rotatable bonds is 4. The zero-order valence-electron chi connectivity index (χ0n) is 11.3. The highest BCUT2D eigenvalue weighted by atomic mass is 32.1. The maximum atomic E-state index is 5.83. The predicted octanol–water partition coefficient (Wildman–Crippen LogP) is 3.55. The summed E-state index contributed by atoms with van der Waals surface area (Å²) in [5.41, 5.74) is 13.6. The standard InChI is InChI=1S/C16H15N3OS/c17-15-14(21-16(18)19-15)12-6-8-13(9-7-12)20-10-11-4-2-1-3-5-11/h1-9H,10,17H2,(H2,18,19). The molecule has 0 spiro atoms. The van der Waals surface area contributed by atoms with Gasteiger partial charge in [-0.05, 0) is 35.4 Å². The SMILES string of the molecule is Nc1nc(N)c(-c2ccc(OCc3ccccc3)cc2)s1. The van der Waals surface area contributed by atoms with Gasteiger partial charge in [0.15, 0.2) is 5.13 Å². The third kappa shape index (κ3) is 3.14. The summed E-state index contributed by atoms with van der Waals surface area (Å²) in [5, 5.41) is 0.479. The fourth-order valence-corrected chi connectivity index (χ4v) is 2.76. The van der Waals surface area contributed by atoms with Crippen molar-refractivity contribution >= 4 is 22.3 Å². The van der Waals surface area contributed by atoms with Crippen LogP contribution in [0.3, 0.4) is 0 Å². The van der Waals surface area contributed by atoms with Gasteiger partial charge < -0.3 is 16.2 Å². The van der Waals surface area contributed by atoms with E-state index < -0.39 is 0 Å². The second kappa shape index (κ2) is 5.85. The van der Waals surface area contributed by atoms with Crippen LogP contribution < -0.4 is 16.2 Å². The first-order valence-electron chi connectivity index (χ1n) is 6.51. The van der Waals surface area contributed by atoms with Crippen molar-refractivity contribution in [2.45, 2.75) is 6.61 Å². The molecule has 2 aromatic carbocycles. The summed E-state index contributed by atoms with van der Waals surface area (Å²) < 4.78 is 5.75. The first-order chi connectivity index (χ1) is 10.2. The Kier molecular flexibility index (Phi) is 3.75. The van der Waals surface area contributed by atoms with Crippen LogP contribution in [0.15, 0.2) is 54.6 Å². The maximum Gasteiger partial charge on any atom is 0.182 e. The van der Waals surface area contributed by atoms with Crippen molar-refractivity contribution in [2.75, 3.05) is 11.5 Å². The molecule has 0 bridgehead atoms. The van der Waals surface area contributed by atoms with Crippen LogP contribution in [-0.2, 0) is 6.61 Å². The van der Waals surface area contributed by atoms with Gasteiger partial charge in [0.25, 0.3) is 0 Å². The molecular formula is C16H15N3OS. The molecule has 4 nitrogen and oxygen atoms in total. The fraction of sp³-hybridized carbons (Fsp3) is 0.0625. The summed E-state index contributed by atoms with van der Waals surface area (Å²) in [6.07, 6.45) is 0. The molecular weight excluding hydrogens is 282 g/mol. The molecule has 0 saturated carbocycles. The maximum absolute atomic E-state index is 5.83. The number of thiazole rings is 1. The first kappa shape index (κ1) is 13.5. The Morgan fingerprint density at radius 3 is 2.29 bits per heavy atom. The van der Waals surface area contributed by atoms with Gasteiger partial charge in [-0.1, -0.05) is 41.7 Å². The number of nitrogens with two attached hydrogens (primary N) is 2. The van der Waals surface area contributed by atoms with Crippen LogP contribution >= 0.6 is 11.3 Å². The average molecular weight is 297 g/mol. The van der Waals surface area contributed by atoms with E-state index in [9.17, 15) is 0 Å². The van der Waals surface area contributed by atoms with Gasteiger partial charge in [-0.25, -0.2) is 4.98 Å². The summed E-state index contributed by atoms with van der Waals surface area (Å²) in [5.74, 6) is 1.29. The van der Waals surface area contributed by atoms with Crippen molar-refractivity contribution in [1.29, 1.82) is 0 Å². The van der Waals surface area contributed by atoms with Gasteiger partial charge >= 0.3 is 0 Å². The molecule has 0 amide bonds. The molecule has 1 aromatic heterocycles. The van der Waals surface area contributed by atoms with Crippen LogP contribution in [-0.4, -0.2) is 4.98 Å². The van der Waals surface area contributed by atoms with E-state index in [1.165, 1.54) is 11.3 Å². The minimum atomic E-state index is 0.468. The van der Waals surface area contributed by atoms with Crippen molar-refractivity contribution < 1.29 is 4.74 Å². The Hall–Kier alpha value is -2.53. The lowest BCUT2D eigenvalue weighted by Crippen LogP contribution is -1.94. The number of hydrogen-bond acceptors (Lipinski definition) is 5. The Morgan fingerprint density at radius 1 is 0.952 bits per heavy atom. The van der Waals surface area contributed by atoms with E-state index in [0.29, 0.717) is 17.6 Å². The summed E-state index contributed by atoms with van der Waals surface area (Å²) in [6.45, 7) is 0.551. The number of benzene rings is 2. The molecule has 0 aliphatic carbocycles. The molecule has 0 radical (unpaired) electrons. The summed E-state index contributed by atoms with van der Waals surface area (Å²) in [6, 6.07) is 17.8. The molecule has 0 aliphatic rings. The van der Waals surface area contributed by atoms with Gasteiger partial charge in [0.2, 0.25) is 0 Å². The monoisotopic (exact) mass is 297 g/mol. The lowest BCUT2D eigenvalue weighted by atomic mass is 10.2. The minimum Gasteiger partial charge on any atom is -0.489 e.